The van der Waals surface area contributed by atoms with E-state index in [1.807, 2.05) is 26.0 Å². The molecule has 5 heteroatoms. The maximum Gasteiger partial charge on any atom is 0.141 e. The van der Waals surface area contributed by atoms with Crippen LogP contribution in [0.25, 0.3) is 0 Å². The van der Waals surface area contributed by atoms with Gasteiger partial charge in [-0.2, -0.15) is 0 Å². The van der Waals surface area contributed by atoms with Gasteiger partial charge in [-0.05, 0) is 41.9 Å². The lowest BCUT2D eigenvalue weighted by Crippen LogP contribution is -2.37. The maximum absolute atomic E-state index is 6.25. The van der Waals surface area contributed by atoms with Crippen molar-refractivity contribution in [1.82, 2.24) is 0 Å². The minimum Gasteiger partial charge on any atom is -0.495 e. The third-order valence-corrected chi connectivity index (χ3v) is 3.88. The third-order valence-electron chi connectivity index (χ3n) is 3.13. The van der Waals surface area contributed by atoms with E-state index in [1.54, 1.807) is 21.3 Å². The second-order valence-corrected chi connectivity index (χ2v) is 5.28. The average Bonchev–Trinajstić information content (AvgIpc) is 2.37. The van der Waals surface area contributed by atoms with E-state index in [-0.39, 0.29) is 6.04 Å². The molecule has 18 heavy (non-hydrogen) atoms. The molecule has 1 aromatic carbocycles. The Hall–Kier alpha value is -0.780. The van der Waals surface area contributed by atoms with Crippen LogP contribution >= 0.6 is 15.9 Å². The molecule has 0 aliphatic heterocycles. The smallest absolute Gasteiger partial charge is 0.141 e. The predicted molar refractivity (Wildman–Crippen MR) is 75.3 cm³/mol. The molecule has 4 nitrogen and oxygen atoms in total. The van der Waals surface area contributed by atoms with Crippen LogP contribution in [0.2, 0.25) is 0 Å². The largest absolute Gasteiger partial charge is 0.495 e. The van der Waals surface area contributed by atoms with Crippen LogP contribution in [0.5, 0.6) is 11.5 Å². The standard InChI is InChI=1S/C13H20BrNO3/c1-13(2,18-5)12(15)8-6-7-9(16-3)10(14)11(8)17-4/h6-7,12H,15H2,1-5H3. The molecular weight excluding hydrogens is 298 g/mol. The summed E-state index contributed by atoms with van der Waals surface area (Å²) in [4.78, 5) is 0. The van der Waals surface area contributed by atoms with Gasteiger partial charge in [-0.25, -0.2) is 0 Å². The molecule has 0 fully saturated rings. The molecule has 0 saturated carbocycles. The highest BCUT2D eigenvalue weighted by Gasteiger charge is 2.30. The predicted octanol–water partition coefficient (Wildman–Crippen LogP) is 2.89. The minimum absolute atomic E-state index is 0.306. The fraction of sp³-hybridized carbons (Fsp3) is 0.538. The Morgan fingerprint density at radius 1 is 1.17 bits per heavy atom. The molecule has 0 bridgehead atoms. The van der Waals surface area contributed by atoms with E-state index >= 15 is 0 Å². The van der Waals surface area contributed by atoms with Gasteiger partial charge in [-0.1, -0.05) is 0 Å². The molecule has 0 aromatic heterocycles. The quantitative estimate of drug-likeness (QED) is 0.907. The van der Waals surface area contributed by atoms with Gasteiger partial charge in [0.2, 0.25) is 0 Å². The van der Waals surface area contributed by atoms with Gasteiger partial charge in [-0.15, -0.1) is 0 Å². The average molecular weight is 318 g/mol. The molecule has 0 aliphatic carbocycles. The summed E-state index contributed by atoms with van der Waals surface area (Å²) < 4.78 is 16.8. The second-order valence-electron chi connectivity index (χ2n) is 4.49. The summed E-state index contributed by atoms with van der Waals surface area (Å²) >= 11 is 3.46. The fourth-order valence-corrected chi connectivity index (χ4v) is 2.35. The Balaban J connectivity index is 3.29. The molecule has 0 saturated heterocycles. The highest BCUT2D eigenvalue weighted by molar-refractivity contribution is 9.10. The van der Waals surface area contributed by atoms with Gasteiger partial charge in [0.25, 0.3) is 0 Å². The highest BCUT2D eigenvalue weighted by Crippen LogP contribution is 2.41. The van der Waals surface area contributed by atoms with E-state index in [9.17, 15) is 0 Å². The van der Waals surface area contributed by atoms with Crippen molar-refractivity contribution in [2.24, 2.45) is 5.73 Å². The van der Waals surface area contributed by atoms with E-state index in [1.165, 1.54) is 0 Å². The normalized spacial score (nSPS) is 13.3. The first kappa shape index (κ1) is 15.3. The topological polar surface area (TPSA) is 53.7 Å². The molecule has 1 atom stereocenters. The van der Waals surface area contributed by atoms with E-state index in [4.69, 9.17) is 19.9 Å². The molecule has 102 valence electrons. The first-order valence-corrected chi connectivity index (χ1v) is 6.39. The summed E-state index contributed by atoms with van der Waals surface area (Å²) in [6, 6.07) is 3.45. The van der Waals surface area contributed by atoms with Crippen molar-refractivity contribution in [3.8, 4) is 11.5 Å². The molecule has 1 aromatic rings. The molecule has 2 N–H and O–H groups in total. The van der Waals surface area contributed by atoms with Gasteiger partial charge < -0.3 is 19.9 Å². The Morgan fingerprint density at radius 2 is 1.78 bits per heavy atom. The van der Waals surface area contributed by atoms with Crippen LogP contribution < -0.4 is 15.2 Å². The Labute approximate surface area is 117 Å². The maximum atomic E-state index is 6.25. The van der Waals surface area contributed by atoms with Crippen LogP contribution in [-0.4, -0.2) is 26.9 Å². The summed E-state index contributed by atoms with van der Waals surface area (Å²) in [5.41, 5.74) is 6.64. The number of rotatable bonds is 5. The summed E-state index contributed by atoms with van der Waals surface area (Å²) in [5.74, 6) is 1.38. The van der Waals surface area contributed by atoms with Gasteiger partial charge in [-0.3, -0.25) is 0 Å². The fourth-order valence-electron chi connectivity index (χ4n) is 1.66. The SMILES string of the molecule is COc1ccc(C(N)C(C)(C)OC)c(OC)c1Br. The van der Waals surface area contributed by atoms with Crippen molar-refractivity contribution in [2.75, 3.05) is 21.3 Å². The Kier molecular flexibility index (Phi) is 5.01. The minimum atomic E-state index is -0.485. The number of benzene rings is 1. The molecule has 0 radical (unpaired) electrons. The number of hydrogen-bond acceptors (Lipinski definition) is 4. The van der Waals surface area contributed by atoms with Crippen molar-refractivity contribution in [2.45, 2.75) is 25.5 Å². The van der Waals surface area contributed by atoms with Gasteiger partial charge in [0, 0.05) is 12.7 Å². The van der Waals surface area contributed by atoms with E-state index < -0.39 is 5.60 Å². The first-order valence-electron chi connectivity index (χ1n) is 5.60. The Bertz CT molecular complexity index is 421. The van der Waals surface area contributed by atoms with Crippen LogP contribution in [0.1, 0.15) is 25.5 Å². The molecule has 0 heterocycles. The van der Waals surface area contributed by atoms with Crippen molar-refractivity contribution >= 4 is 15.9 Å². The molecule has 1 unspecified atom stereocenters. The van der Waals surface area contributed by atoms with E-state index in [0.717, 1.165) is 10.0 Å². The summed E-state index contributed by atoms with van der Waals surface area (Å²) in [5, 5.41) is 0. The monoisotopic (exact) mass is 317 g/mol. The highest BCUT2D eigenvalue weighted by atomic mass is 79.9. The lowest BCUT2D eigenvalue weighted by atomic mass is 9.91. The summed E-state index contributed by atoms with van der Waals surface area (Å²) in [6.45, 7) is 3.88. The first-order chi connectivity index (χ1) is 8.38. The van der Waals surface area contributed by atoms with Crippen molar-refractivity contribution in [3.05, 3.63) is 22.2 Å². The van der Waals surface area contributed by atoms with Gasteiger partial charge >= 0.3 is 0 Å². The number of halogens is 1. The van der Waals surface area contributed by atoms with Crippen LogP contribution in [0.15, 0.2) is 16.6 Å². The molecule has 0 amide bonds. The van der Waals surface area contributed by atoms with Crippen molar-refractivity contribution in [1.29, 1.82) is 0 Å². The summed E-state index contributed by atoms with van der Waals surface area (Å²) in [7, 11) is 4.86. The van der Waals surface area contributed by atoms with Crippen LogP contribution in [0.4, 0.5) is 0 Å². The van der Waals surface area contributed by atoms with Crippen LogP contribution in [-0.2, 0) is 4.74 Å². The molecular formula is C13H20BrNO3. The lowest BCUT2D eigenvalue weighted by molar-refractivity contribution is -0.000616. The molecule has 0 spiro atoms. The zero-order valence-corrected chi connectivity index (χ0v) is 13.0. The van der Waals surface area contributed by atoms with Crippen LogP contribution in [0, 0.1) is 0 Å². The molecule has 1 rings (SSSR count). The third kappa shape index (κ3) is 2.79. The number of methoxy groups -OCH3 is 3. The number of nitrogens with two attached hydrogens (primary N) is 1. The zero-order valence-electron chi connectivity index (χ0n) is 11.4. The van der Waals surface area contributed by atoms with Gasteiger partial charge in [0.05, 0.1) is 25.9 Å². The summed E-state index contributed by atoms with van der Waals surface area (Å²) in [6.07, 6.45) is 0. The van der Waals surface area contributed by atoms with E-state index in [2.05, 4.69) is 15.9 Å². The number of ether oxygens (including phenoxy) is 3. The van der Waals surface area contributed by atoms with E-state index in [0.29, 0.717) is 11.5 Å². The zero-order chi connectivity index (χ0) is 13.9. The second kappa shape index (κ2) is 5.91. The lowest BCUT2D eigenvalue weighted by Gasteiger charge is -2.31. The number of hydrogen-bond donors (Lipinski definition) is 1. The Morgan fingerprint density at radius 3 is 2.22 bits per heavy atom. The van der Waals surface area contributed by atoms with Crippen LogP contribution in [0.3, 0.4) is 0 Å². The van der Waals surface area contributed by atoms with Crippen molar-refractivity contribution < 1.29 is 14.2 Å². The van der Waals surface area contributed by atoms with Gasteiger partial charge in [0.1, 0.15) is 16.0 Å². The van der Waals surface area contributed by atoms with Crippen molar-refractivity contribution in [3.63, 3.8) is 0 Å². The molecule has 0 aliphatic rings. The van der Waals surface area contributed by atoms with Gasteiger partial charge in [0.15, 0.2) is 0 Å².